The van der Waals surface area contributed by atoms with Gasteiger partial charge in [-0.25, -0.2) is 15.0 Å². The zero-order valence-corrected chi connectivity index (χ0v) is 11.9. The number of nitrogens with two attached hydrogens (primary N) is 1. The zero-order chi connectivity index (χ0) is 14.1. The molecular weight excluding hydrogens is 274 g/mol. The third-order valence-corrected chi connectivity index (χ3v) is 3.52. The Morgan fingerprint density at radius 1 is 1.20 bits per heavy atom. The molecule has 0 spiro atoms. The fourth-order valence-corrected chi connectivity index (χ4v) is 2.73. The number of nitrogen functional groups attached to an aromatic ring is 1. The average molecular weight is 287 g/mol. The van der Waals surface area contributed by atoms with Crippen molar-refractivity contribution in [2.75, 3.05) is 12.8 Å². The summed E-state index contributed by atoms with van der Waals surface area (Å²) in [6.45, 7) is 1.88. The van der Waals surface area contributed by atoms with Crippen LogP contribution in [0.4, 0.5) is 5.95 Å². The summed E-state index contributed by atoms with van der Waals surface area (Å²) >= 11 is 1.42. The van der Waals surface area contributed by atoms with Gasteiger partial charge in [0.1, 0.15) is 10.8 Å². The van der Waals surface area contributed by atoms with E-state index in [-0.39, 0.29) is 5.95 Å². The minimum atomic E-state index is 0.269. The molecule has 0 aliphatic rings. The highest BCUT2D eigenvalue weighted by Crippen LogP contribution is 2.27. The lowest BCUT2D eigenvalue weighted by molar-refractivity contribution is 0.415. The first-order valence-electron chi connectivity index (χ1n) is 5.97. The molecule has 102 valence electrons. The molecule has 0 unspecified atom stereocenters. The van der Waals surface area contributed by atoms with E-state index < -0.39 is 0 Å². The van der Waals surface area contributed by atoms with Gasteiger partial charge in [-0.3, -0.25) is 0 Å². The summed E-state index contributed by atoms with van der Waals surface area (Å²) in [5.74, 6) is 1.06. The molecule has 0 aliphatic heterocycles. The quantitative estimate of drug-likeness (QED) is 0.719. The van der Waals surface area contributed by atoms with Crippen molar-refractivity contribution in [1.82, 2.24) is 19.9 Å². The van der Waals surface area contributed by atoms with Crippen molar-refractivity contribution in [2.24, 2.45) is 0 Å². The number of nitrogens with zero attached hydrogens (tertiary/aromatic N) is 3. The second kappa shape index (κ2) is 5.01. The molecule has 3 aromatic rings. The predicted octanol–water partition coefficient (Wildman–Crippen LogP) is 2.40. The highest BCUT2D eigenvalue weighted by Gasteiger charge is 2.08. The molecule has 0 radical (unpaired) electrons. The number of aromatic nitrogens is 4. The number of imidazole rings is 1. The summed E-state index contributed by atoms with van der Waals surface area (Å²) in [5, 5.41) is 1.52. The Bertz CT molecular complexity index is 750. The number of ether oxygens (including phenoxy) is 1. The van der Waals surface area contributed by atoms with E-state index in [1.807, 2.05) is 31.2 Å². The van der Waals surface area contributed by atoms with Gasteiger partial charge in [0.25, 0.3) is 0 Å². The monoisotopic (exact) mass is 287 g/mol. The van der Waals surface area contributed by atoms with Gasteiger partial charge in [0.05, 0.1) is 18.1 Å². The van der Waals surface area contributed by atoms with E-state index in [1.54, 1.807) is 7.11 Å². The number of H-pyrrole nitrogens is 1. The molecule has 2 aromatic heterocycles. The fraction of sp³-hybridized carbons (Fsp3) is 0.154. The van der Waals surface area contributed by atoms with Gasteiger partial charge in [0.15, 0.2) is 5.16 Å². The van der Waals surface area contributed by atoms with Crippen LogP contribution in [0, 0.1) is 6.92 Å². The van der Waals surface area contributed by atoms with Crippen molar-refractivity contribution >= 4 is 28.7 Å². The molecule has 20 heavy (non-hydrogen) atoms. The maximum absolute atomic E-state index is 5.64. The largest absolute Gasteiger partial charge is 0.497 e. The Morgan fingerprint density at radius 3 is 2.80 bits per heavy atom. The highest BCUT2D eigenvalue weighted by molar-refractivity contribution is 7.99. The average Bonchev–Trinajstić information content (AvgIpc) is 2.78. The Balaban J connectivity index is 1.94. The molecule has 0 aliphatic carbocycles. The summed E-state index contributed by atoms with van der Waals surface area (Å²) in [5.41, 5.74) is 8.28. The van der Waals surface area contributed by atoms with E-state index in [1.165, 1.54) is 11.8 Å². The maximum atomic E-state index is 5.64. The zero-order valence-electron chi connectivity index (χ0n) is 11.0. The molecule has 0 atom stereocenters. The van der Waals surface area contributed by atoms with Gasteiger partial charge < -0.3 is 15.5 Å². The van der Waals surface area contributed by atoms with E-state index in [2.05, 4.69) is 19.9 Å². The van der Waals surface area contributed by atoms with Crippen LogP contribution in [0.2, 0.25) is 0 Å². The predicted molar refractivity (Wildman–Crippen MR) is 78.0 cm³/mol. The van der Waals surface area contributed by atoms with Crippen LogP contribution in [-0.4, -0.2) is 27.0 Å². The van der Waals surface area contributed by atoms with Crippen LogP contribution in [-0.2, 0) is 0 Å². The SMILES string of the molecule is COc1ccc2nc(Sc3cc(C)nc(N)n3)[nH]c2c1. The number of methoxy groups -OCH3 is 1. The van der Waals surface area contributed by atoms with E-state index in [0.717, 1.165) is 32.7 Å². The molecule has 0 saturated carbocycles. The van der Waals surface area contributed by atoms with Gasteiger partial charge in [-0.2, -0.15) is 0 Å². The van der Waals surface area contributed by atoms with Crippen LogP contribution in [0.5, 0.6) is 5.75 Å². The maximum Gasteiger partial charge on any atom is 0.221 e. The van der Waals surface area contributed by atoms with Gasteiger partial charge in [-0.15, -0.1) is 0 Å². The summed E-state index contributed by atoms with van der Waals surface area (Å²) in [7, 11) is 1.64. The Kier molecular flexibility index (Phi) is 3.19. The summed E-state index contributed by atoms with van der Waals surface area (Å²) < 4.78 is 5.19. The highest BCUT2D eigenvalue weighted by atomic mass is 32.2. The van der Waals surface area contributed by atoms with Gasteiger partial charge in [0, 0.05) is 11.8 Å². The van der Waals surface area contributed by atoms with Crippen LogP contribution in [0.1, 0.15) is 5.69 Å². The third-order valence-electron chi connectivity index (χ3n) is 2.72. The molecule has 7 heteroatoms. The van der Waals surface area contributed by atoms with Crippen molar-refractivity contribution in [2.45, 2.75) is 17.1 Å². The summed E-state index contributed by atoms with van der Waals surface area (Å²) in [6.07, 6.45) is 0. The van der Waals surface area contributed by atoms with Gasteiger partial charge in [-0.05, 0) is 36.9 Å². The lowest BCUT2D eigenvalue weighted by Gasteiger charge is -2.00. The van der Waals surface area contributed by atoms with Gasteiger partial charge in [-0.1, -0.05) is 0 Å². The molecule has 1 aromatic carbocycles. The van der Waals surface area contributed by atoms with Crippen molar-refractivity contribution in [1.29, 1.82) is 0 Å². The van der Waals surface area contributed by atoms with Crippen LogP contribution in [0.3, 0.4) is 0 Å². The van der Waals surface area contributed by atoms with Crippen molar-refractivity contribution in [3.05, 3.63) is 30.0 Å². The van der Waals surface area contributed by atoms with Crippen molar-refractivity contribution in [3.8, 4) is 5.75 Å². The third kappa shape index (κ3) is 2.53. The molecular formula is C13H13N5OS. The van der Waals surface area contributed by atoms with E-state index in [4.69, 9.17) is 10.5 Å². The Labute approximate surface area is 119 Å². The lowest BCUT2D eigenvalue weighted by Crippen LogP contribution is -1.97. The molecule has 2 heterocycles. The second-order valence-corrected chi connectivity index (χ2v) is 5.24. The van der Waals surface area contributed by atoms with Crippen LogP contribution >= 0.6 is 11.8 Å². The number of hydrogen-bond acceptors (Lipinski definition) is 6. The molecule has 0 bridgehead atoms. The first kappa shape index (κ1) is 12.7. The van der Waals surface area contributed by atoms with E-state index >= 15 is 0 Å². The molecule has 3 rings (SSSR count). The summed E-state index contributed by atoms with van der Waals surface area (Å²) in [4.78, 5) is 15.9. The van der Waals surface area contributed by atoms with Gasteiger partial charge >= 0.3 is 0 Å². The fourth-order valence-electron chi connectivity index (χ4n) is 1.85. The molecule has 0 fully saturated rings. The number of nitrogens with one attached hydrogen (secondary N) is 1. The molecule has 3 N–H and O–H groups in total. The smallest absolute Gasteiger partial charge is 0.221 e. The Hall–Kier alpha value is -2.28. The number of benzene rings is 1. The van der Waals surface area contributed by atoms with Crippen molar-refractivity contribution < 1.29 is 4.74 Å². The van der Waals surface area contributed by atoms with Crippen LogP contribution < -0.4 is 10.5 Å². The number of aryl methyl sites for hydroxylation is 1. The first-order chi connectivity index (χ1) is 9.64. The minimum Gasteiger partial charge on any atom is -0.497 e. The molecule has 0 saturated heterocycles. The van der Waals surface area contributed by atoms with Crippen molar-refractivity contribution in [3.63, 3.8) is 0 Å². The van der Waals surface area contributed by atoms with Gasteiger partial charge in [0.2, 0.25) is 5.95 Å². The number of anilines is 1. The number of aromatic amines is 1. The number of fused-ring (bicyclic) bond motifs is 1. The minimum absolute atomic E-state index is 0.269. The molecule has 6 nitrogen and oxygen atoms in total. The number of rotatable bonds is 3. The Morgan fingerprint density at radius 2 is 2.05 bits per heavy atom. The standard InChI is InChI=1S/C13H13N5OS/c1-7-5-11(18-12(14)15-7)20-13-16-9-4-3-8(19-2)6-10(9)17-13/h3-6H,1-2H3,(H,16,17)(H2,14,15,18). The van der Waals surface area contributed by atoms with E-state index in [0.29, 0.717) is 0 Å². The second-order valence-electron chi connectivity index (χ2n) is 4.23. The number of hydrogen-bond donors (Lipinski definition) is 2. The normalized spacial score (nSPS) is 10.9. The molecule has 0 amide bonds. The van der Waals surface area contributed by atoms with E-state index in [9.17, 15) is 0 Å². The first-order valence-corrected chi connectivity index (χ1v) is 6.78. The lowest BCUT2D eigenvalue weighted by atomic mass is 10.3. The van der Waals surface area contributed by atoms with Crippen LogP contribution in [0.15, 0.2) is 34.4 Å². The summed E-state index contributed by atoms with van der Waals surface area (Å²) in [6, 6.07) is 7.57. The topological polar surface area (TPSA) is 89.7 Å². The van der Waals surface area contributed by atoms with Crippen LogP contribution in [0.25, 0.3) is 11.0 Å².